The Bertz CT molecular complexity index is 230. The molecule has 0 radical (unpaired) electrons. The maximum Gasteiger partial charge on any atom is 0.0784 e. The lowest BCUT2D eigenvalue weighted by Crippen LogP contribution is -3.00. The number of hydrogen-bond acceptors (Lipinski definition) is 1. The van der Waals surface area contributed by atoms with Gasteiger partial charge in [-0.2, -0.15) is 0 Å². The first kappa shape index (κ1) is 33.0. The van der Waals surface area contributed by atoms with Gasteiger partial charge in [0.05, 0.1) is 26.7 Å². The highest BCUT2D eigenvalue weighted by Crippen LogP contribution is 2.16. The van der Waals surface area contributed by atoms with Gasteiger partial charge < -0.3 is 27.6 Å². The Morgan fingerprint density at radius 2 is 0.607 bits per heavy atom. The second-order valence-corrected chi connectivity index (χ2v) is 9.09. The number of rotatable bonds is 21. The molecule has 0 saturated heterocycles. The summed E-state index contributed by atoms with van der Waals surface area (Å²) in [6.07, 6.45) is 25.9. The van der Waals surface area contributed by atoms with Gasteiger partial charge in [-0.25, -0.2) is 0 Å². The molecule has 0 rings (SSSR count). The van der Waals surface area contributed by atoms with Crippen molar-refractivity contribution in [2.45, 2.75) is 136 Å². The fourth-order valence-corrected chi connectivity index (χ4v) is 4.16. The first-order chi connectivity index (χ1) is 12.7. The van der Waals surface area contributed by atoms with E-state index < -0.39 is 0 Å². The van der Waals surface area contributed by atoms with E-state index in [9.17, 15) is 0 Å². The minimum Gasteiger partial charge on any atom is -1.00 e. The Labute approximate surface area is 190 Å². The highest BCUT2D eigenvalue weighted by atomic mass is 79.9. The van der Waals surface area contributed by atoms with E-state index in [4.69, 9.17) is 0 Å². The molecule has 0 aromatic rings. The van der Waals surface area contributed by atoms with E-state index in [0.717, 1.165) is 0 Å². The Morgan fingerprint density at radius 1 is 0.393 bits per heavy atom. The van der Waals surface area contributed by atoms with E-state index in [1.54, 1.807) is 0 Å². The van der Waals surface area contributed by atoms with E-state index >= 15 is 0 Å². The van der Waals surface area contributed by atoms with E-state index in [1.807, 2.05) is 0 Å². The predicted octanol–water partition coefficient (Wildman–Crippen LogP) is 5.68. The Hall–Kier alpha value is 0.400. The van der Waals surface area contributed by atoms with Gasteiger partial charge in [-0.05, 0) is 38.5 Å². The van der Waals surface area contributed by atoms with Gasteiger partial charge >= 0.3 is 0 Å². The zero-order chi connectivity index (χ0) is 19.3. The summed E-state index contributed by atoms with van der Waals surface area (Å²) in [5.74, 6) is 0. The molecule has 3 N–H and O–H groups in total. The van der Waals surface area contributed by atoms with Crippen LogP contribution in [-0.4, -0.2) is 31.2 Å². The number of halogens is 1. The SMILES string of the molecule is CCCCCCCC[N+](C)(CCCCCCCC)CCCCCCCC.N.[Br-]. The van der Waals surface area contributed by atoms with Crippen LogP contribution in [0.1, 0.15) is 136 Å². The number of hydrogen-bond donors (Lipinski definition) is 1. The summed E-state index contributed by atoms with van der Waals surface area (Å²) in [5, 5.41) is 0. The molecule has 0 unspecified atom stereocenters. The number of quaternary nitrogens is 1. The predicted molar refractivity (Wildman–Crippen MR) is 126 cm³/mol. The van der Waals surface area contributed by atoms with Crippen LogP contribution in [0.3, 0.4) is 0 Å². The van der Waals surface area contributed by atoms with Crippen molar-refractivity contribution in [1.29, 1.82) is 0 Å². The summed E-state index contributed by atoms with van der Waals surface area (Å²) in [5.41, 5.74) is 0. The van der Waals surface area contributed by atoms with Crippen LogP contribution in [0.2, 0.25) is 0 Å². The van der Waals surface area contributed by atoms with Crippen LogP contribution in [0.5, 0.6) is 0 Å². The summed E-state index contributed by atoms with van der Waals surface area (Å²) in [4.78, 5) is 0. The average molecular weight is 466 g/mol. The third-order valence-corrected chi connectivity index (χ3v) is 6.15. The summed E-state index contributed by atoms with van der Waals surface area (Å²) >= 11 is 0. The summed E-state index contributed by atoms with van der Waals surface area (Å²) in [6, 6.07) is 0. The highest BCUT2D eigenvalue weighted by Gasteiger charge is 2.20. The van der Waals surface area contributed by atoms with Gasteiger partial charge in [-0.3, -0.25) is 0 Å². The minimum absolute atomic E-state index is 0. The molecule has 0 amide bonds. The van der Waals surface area contributed by atoms with Crippen molar-refractivity contribution >= 4 is 0 Å². The second-order valence-electron chi connectivity index (χ2n) is 9.09. The molecule has 0 aliphatic rings. The highest BCUT2D eigenvalue weighted by molar-refractivity contribution is 4.51. The lowest BCUT2D eigenvalue weighted by Gasteiger charge is -2.35. The smallest absolute Gasteiger partial charge is 0.0784 e. The number of unbranched alkanes of at least 4 members (excludes halogenated alkanes) is 15. The summed E-state index contributed by atoms with van der Waals surface area (Å²) in [6.45, 7) is 11.2. The monoisotopic (exact) mass is 464 g/mol. The first-order valence-corrected chi connectivity index (χ1v) is 12.5. The van der Waals surface area contributed by atoms with E-state index in [-0.39, 0.29) is 23.1 Å². The lowest BCUT2D eigenvalue weighted by molar-refractivity contribution is -0.910. The Balaban J connectivity index is -0.00000312. The van der Waals surface area contributed by atoms with Gasteiger partial charge in [0, 0.05) is 0 Å². The molecule has 3 heteroatoms. The molecule has 0 fully saturated rings. The van der Waals surface area contributed by atoms with Crippen LogP contribution >= 0.6 is 0 Å². The zero-order valence-electron chi connectivity index (χ0n) is 20.4. The largest absolute Gasteiger partial charge is 1.00 e. The van der Waals surface area contributed by atoms with Crippen molar-refractivity contribution < 1.29 is 21.5 Å². The fourth-order valence-electron chi connectivity index (χ4n) is 4.16. The van der Waals surface area contributed by atoms with Crippen LogP contribution in [0.4, 0.5) is 0 Å². The molecule has 0 heterocycles. The average Bonchev–Trinajstić information content (AvgIpc) is 2.64. The first-order valence-electron chi connectivity index (χ1n) is 12.5. The molecule has 0 aliphatic heterocycles. The molecule has 0 aromatic carbocycles. The maximum absolute atomic E-state index is 2.56. The molecule has 0 aliphatic carbocycles. The van der Waals surface area contributed by atoms with E-state index in [0.29, 0.717) is 0 Å². The molecule has 174 valence electrons. The summed E-state index contributed by atoms with van der Waals surface area (Å²) in [7, 11) is 2.56. The molecular weight excluding hydrogens is 408 g/mol. The lowest BCUT2D eigenvalue weighted by atomic mass is 10.1. The summed E-state index contributed by atoms with van der Waals surface area (Å²) < 4.78 is 1.36. The van der Waals surface area contributed by atoms with Gasteiger partial charge in [0.25, 0.3) is 0 Å². The maximum atomic E-state index is 2.56. The van der Waals surface area contributed by atoms with Crippen LogP contribution in [-0.2, 0) is 0 Å². The van der Waals surface area contributed by atoms with Crippen molar-refractivity contribution in [3.8, 4) is 0 Å². The van der Waals surface area contributed by atoms with Gasteiger partial charge in [0.2, 0.25) is 0 Å². The van der Waals surface area contributed by atoms with Crippen molar-refractivity contribution in [1.82, 2.24) is 6.15 Å². The quantitative estimate of drug-likeness (QED) is 0.172. The Morgan fingerprint density at radius 3 is 0.857 bits per heavy atom. The molecule has 0 aromatic heterocycles. The van der Waals surface area contributed by atoms with Gasteiger partial charge in [-0.1, -0.05) is 97.8 Å². The van der Waals surface area contributed by atoms with Crippen LogP contribution in [0.15, 0.2) is 0 Å². The standard InChI is InChI=1S/C25H54N.BrH.H3N/c1-5-8-11-14-17-20-23-26(4,24-21-18-15-12-9-6-2)25-22-19-16-13-10-7-3;;/h5-25H2,1-4H3;1H;1H3/q+1;;/p-1. The molecule has 28 heavy (non-hydrogen) atoms. The van der Waals surface area contributed by atoms with Crippen molar-refractivity contribution in [3.05, 3.63) is 0 Å². The normalized spacial score (nSPS) is 11.1. The van der Waals surface area contributed by atoms with Gasteiger partial charge in [0.15, 0.2) is 0 Å². The molecule has 0 saturated carbocycles. The third-order valence-electron chi connectivity index (χ3n) is 6.15. The molecule has 0 bridgehead atoms. The molecule has 0 spiro atoms. The van der Waals surface area contributed by atoms with Crippen molar-refractivity contribution in [2.24, 2.45) is 0 Å². The van der Waals surface area contributed by atoms with Crippen molar-refractivity contribution in [2.75, 3.05) is 26.7 Å². The van der Waals surface area contributed by atoms with E-state index in [1.165, 1.54) is 140 Å². The molecule has 0 atom stereocenters. The van der Waals surface area contributed by atoms with Crippen LogP contribution < -0.4 is 23.1 Å². The molecular formula is C25H57BrN2. The number of nitrogens with zero attached hydrogens (tertiary/aromatic N) is 1. The third kappa shape index (κ3) is 22.7. The molecule has 2 nitrogen and oxygen atoms in total. The van der Waals surface area contributed by atoms with Crippen LogP contribution in [0.25, 0.3) is 0 Å². The van der Waals surface area contributed by atoms with Crippen LogP contribution in [0, 0.1) is 0 Å². The topological polar surface area (TPSA) is 35.0 Å². The fraction of sp³-hybridized carbons (Fsp3) is 1.00. The van der Waals surface area contributed by atoms with Gasteiger partial charge in [0.1, 0.15) is 0 Å². The minimum atomic E-state index is 0. The van der Waals surface area contributed by atoms with E-state index in [2.05, 4.69) is 27.8 Å². The van der Waals surface area contributed by atoms with Crippen molar-refractivity contribution in [3.63, 3.8) is 0 Å². The zero-order valence-corrected chi connectivity index (χ0v) is 22.0. The second kappa shape index (κ2) is 25.4. The Kier molecular flexibility index (Phi) is 30.0. The van der Waals surface area contributed by atoms with Gasteiger partial charge in [-0.15, -0.1) is 0 Å².